The second kappa shape index (κ2) is 9.58. The molecule has 0 saturated heterocycles. The highest BCUT2D eigenvalue weighted by Crippen LogP contribution is 2.25. The van der Waals surface area contributed by atoms with Crippen molar-refractivity contribution in [3.63, 3.8) is 0 Å². The number of methoxy groups -OCH3 is 1. The first-order valence-electron chi connectivity index (χ1n) is 6.92. The third kappa shape index (κ3) is 6.75. The van der Waals surface area contributed by atoms with E-state index in [1.54, 1.807) is 7.11 Å². The van der Waals surface area contributed by atoms with E-state index in [9.17, 15) is 5.11 Å². The molecule has 0 amide bonds. The van der Waals surface area contributed by atoms with Crippen LogP contribution in [0.2, 0.25) is 0 Å². The van der Waals surface area contributed by atoms with Gasteiger partial charge in [0, 0.05) is 6.54 Å². The summed E-state index contributed by atoms with van der Waals surface area (Å²) in [5.41, 5.74) is 0. The van der Waals surface area contributed by atoms with Crippen LogP contribution in [0, 0.1) is 0 Å². The smallest absolute Gasteiger partial charge is 0.161 e. The molecule has 5 heteroatoms. The standard InChI is InChI=1S/C15H26N2O3/c1-17(2)10-6-9-16-11-13(18)12-20-15-8-5-4-7-14(15)19-3/h4-5,7-8,13,16,18H,6,9-12H2,1-3H3. The van der Waals surface area contributed by atoms with Gasteiger partial charge < -0.3 is 24.8 Å². The van der Waals surface area contributed by atoms with Crippen LogP contribution in [0.3, 0.4) is 0 Å². The number of aliphatic hydroxyl groups excluding tert-OH is 1. The van der Waals surface area contributed by atoms with E-state index in [0.717, 1.165) is 19.5 Å². The molecular formula is C15H26N2O3. The fraction of sp³-hybridized carbons (Fsp3) is 0.600. The largest absolute Gasteiger partial charge is 0.493 e. The van der Waals surface area contributed by atoms with Gasteiger partial charge in [-0.1, -0.05) is 12.1 Å². The molecule has 2 N–H and O–H groups in total. The van der Waals surface area contributed by atoms with Crippen molar-refractivity contribution in [2.45, 2.75) is 12.5 Å². The topological polar surface area (TPSA) is 54.0 Å². The molecule has 1 unspecified atom stereocenters. The van der Waals surface area contributed by atoms with E-state index in [4.69, 9.17) is 9.47 Å². The van der Waals surface area contributed by atoms with Gasteiger partial charge >= 0.3 is 0 Å². The number of nitrogens with one attached hydrogen (secondary N) is 1. The first kappa shape index (κ1) is 16.8. The molecule has 0 aliphatic rings. The van der Waals surface area contributed by atoms with Gasteiger partial charge in [-0.3, -0.25) is 0 Å². The second-order valence-electron chi connectivity index (χ2n) is 4.98. The van der Waals surface area contributed by atoms with Crippen LogP contribution in [0.4, 0.5) is 0 Å². The molecule has 0 aromatic heterocycles. The number of aliphatic hydroxyl groups is 1. The maximum Gasteiger partial charge on any atom is 0.161 e. The molecule has 1 aromatic rings. The Morgan fingerprint density at radius 1 is 1.25 bits per heavy atom. The van der Waals surface area contributed by atoms with Gasteiger partial charge in [0.15, 0.2) is 11.5 Å². The molecule has 0 fully saturated rings. The van der Waals surface area contributed by atoms with Crippen molar-refractivity contribution in [2.24, 2.45) is 0 Å². The highest BCUT2D eigenvalue weighted by molar-refractivity contribution is 5.39. The van der Waals surface area contributed by atoms with Crippen LogP contribution in [-0.2, 0) is 0 Å². The fourth-order valence-electron chi connectivity index (χ4n) is 1.77. The van der Waals surface area contributed by atoms with Crippen LogP contribution in [0.5, 0.6) is 11.5 Å². The van der Waals surface area contributed by atoms with Gasteiger partial charge in [-0.2, -0.15) is 0 Å². The highest BCUT2D eigenvalue weighted by Gasteiger charge is 2.07. The minimum Gasteiger partial charge on any atom is -0.493 e. The number of benzene rings is 1. The van der Waals surface area contributed by atoms with E-state index in [1.165, 1.54) is 0 Å². The lowest BCUT2D eigenvalue weighted by Gasteiger charge is -2.15. The predicted octanol–water partition coefficient (Wildman–Crippen LogP) is 0.976. The van der Waals surface area contributed by atoms with Gasteiger partial charge in [0.05, 0.1) is 7.11 Å². The zero-order valence-corrected chi connectivity index (χ0v) is 12.6. The molecule has 0 spiro atoms. The summed E-state index contributed by atoms with van der Waals surface area (Å²) in [6.45, 7) is 2.72. The number of hydrogen-bond donors (Lipinski definition) is 2. The van der Waals surface area contributed by atoms with Crippen LogP contribution in [-0.4, -0.2) is 63.6 Å². The third-order valence-corrected chi connectivity index (χ3v) is 2.84. The van der Waals surface area contributed by atoms with E-state index >= 15 is 0 Å². The molecule has 20 heavy (non-hydrogen) atoms. The lowest BCUT2D eigenvalue weighted by Crippen LogP contribution is -2.32. The van der Waals surface area contributed by atoms with Gasteiger partial charge in [-0.25, -0.2) is 0 Å². The normalized spacial score (nSPS) is 12.4. The number of ether oxygens (including phenoxy) is 2. The summed E-state index contributed by atoms with van der Waals surface area (Å²) in [5, 5.41) is 13.1. The Labute approximate surface area is 121 Å². The predicted molar refractivity (Wildman–Crippen MR) is 80.5 cm³/mol. The second-order valence-corrected chi connectivity index (χ2v) is 4.98. The van der Waals surface area contributed by atoms with Crippen molar-refractivity contribution in [1.29, 1.82) is 0 Å². The summed E-state index contributed by atoms with van der Waals surface area (Å²) in [5.74, 6) is 1.33. The monoisotopic (exact) mass is 282 g/mol. The average Bonchev–Trinajstić information content (AvgIpc) is 2.44. The van der Waals surface area contributed by atoms with Crippen LogP contribution in [0.1, 0.15) is 6.42 Å². The Bertz CT molecular complexity index is 372. The third-order valence-electron chi connectivity index (χ3n) is 2.84. The Morgan fingerprint density at radius 3 is 2.60 bits per heavy atom. The molecule has 5 nitrogen and oxygen atoms in total. The summed E-state index contributed by atoms with van der Waals surface area (Å²) >= 11 is 0. The van der Waals surface area contributed by atoms with Crippen LogP contribution < -0.4 is 14.8 Å². The van der Waals surface area contributed by atoms with Crippen LogP contribution in [0.25, 0.3) is 0 Å². The van der Waals surface area contributed by atoms with Gasteiger partial charge in [0.25, 0.3) is 0 Å². The molecule has 0 aliphatic heterocycles. The first-order chi connectivity index (χ1) is 9.63. The Balaban J connectivity index is 2.18. The molecule has 0 saturated carbocycles. The highest BCUT2D eigenvalue weighted by atomic mass is 16.5. The first-order valence-corrected chi connectivity index (χ1v) is 6.92. The number of nitrogens with zero attached hydrogens (tertiary/aromatic N) is 1. The van der Waals surface area contributed by atoms with E-state index in [-0.39, 0.29) is 6.61 Å². The van der Waals surface area contributed by atoms with Crippen molar-refractivity contribution >= 4 is 0 Å². The quantitative estimate of drug-likeness (QED) is 0.627. The molecule has 0 bridgehead atoms. The SMILES string of the molecule is COc1ccccc1OCC(O)CNCCCN(C)C. The molecule has 0 radical (unpaired) electrons. The molecular weight excluding hydrogens is 256 g/mol. The maximum atomic E-state index is 9.84. The molecule has 1 aromatic carbocycles. The number of hydrogen-bond acceptors (Lipinski definition) is 5. The minimum absolute atomic E-state index is 0.251. The van der Waals surface area contributed by atoms with Gasteiger partial charge in [0.2, 0.25) is 0 Å². The van der Waals surface area contributed by atoms with E-state index < -0.39 is 6.10 Å². The maximum absolute atomic E-state index is 9.84. The molecule has 0 heterocycles. The van der Waals surface area contributed by atoms with E-state index in [2.05, 4.69) is 24.3 Å². The summed E-state index contributed by atoms with van der Waals surface area (Å²) in [6.07, 6.45) is 0.534. The van der Waals surface area contributed by atoms with E-state index in [0.29, 0.717) is 18.0 Å². The van der Waals surface area contributed by atoms with Gasteiger partial charge in [-0.15, -0.1) is 0 Å². The summed E-state index contributed by atoms with van der Waals surface area (Å²) in [7, 11) is 5.71. The number of para-hydroxylation sites is 2. The lowest BCUT2D eigenvalue weighted by atomic mass is 10.3. The van der Waals surface area contributed by atoms with Gasteiger partial charge in [0.1, 0.15) is 12.7 Å². The molecule has 0 aliphatic carbocycles. The summed E-state index contributed by atoms with van der Waals surface area (Å²) in [6, 6.07) is 7.43. The molecule has 114 valence electrons. The van der Waals surface area contributed by atoms with E-state index in [1.807, 2.05) is 24.3 Å². The zero-order valence-electron chi connectivity index (χ0n) is 12.6. The van der Waals surface area contributed by atoms with Crippen molar-refractivity contribution in [3.05, 3.63) is 24.3 Å². The Morgan fingerprint density at radius 2 is 1.95 bits per heavy atom. The lowest BCUT2D eigenvalue weighted by molar-refractivity contribution is 0.104. The zero-order chi connectivity index (χ0) is 14.8. The van der Waals surface area contributed by atoms with Crippen LogP contribution in [0.15, 0.2) is 24.3 Å². The Hall–Kier alpha value is -1.30. The molecule has 1 rings (SSSR count). The summed E-state index contributed by atoms with van der Waals surface area (Å²) in [4.78, 5) is 2.14. The van der Waals surface area contributed by atoms with Gasteiger partial charge in [-0.05, 0) is 45.7 Å². The minimum atomic E-state index is -0.528. The van der Waals surface area contributed by atoms with Crippen LogP contribution >= 0.6 is 0 Å². The van der Waals surface area contributed by atoms with Crippen molar-refractivity contribution in [3.8, 4) is 11.5 Å². The fourth-order valence-corrected chi connectivity index (χ4v) is 1.77. The molecule has 1 atom stereocenters. The summed E-state index contributed by atoms with van der Waals surface area (Å²) < 4.78 is 10.7. The van der Waals surface area contributed by atoms with Crippen molar-refractivity contribution < 1.29 is 14.6 Å². The number of rotatable bonds is 10. The van der Waals surface area contributed by atoms with Crippen molar-refractivity contribution in [2.75, 3.05) is 47.4 Å². The van der Waals surface area contributed by atoms with Crippen molar-refractivity contribution in [1.82, 2.24) is 10.2 Å². The average molecular weight is 282 g/mol. The Kier molecular flexibility index (Phi) is 8.02.